The molecule has 0 radical (unpaired) electrons. The molecule has 0 spiro atoms. The molecule has 20 heavy (non-hydrogen) atoms. The maximum atomic E-state index is 11.6. The van der Waals surface area contributed by atoms with Crippen molar-refractivity contribution in [2.45, 2.75) is 44.4 Å². The van der Waals surface area contributed by atoms with Crippen molar-refractivity contribution in [2.75, 3.05) is 13.1 Å². The Balaban J connectivity index is 2.84. The van der Waals surface area contributed by atoms with Crippen LogP contribution in [-0.2, 0) is 4.74 Å². The smallest absolute Gasteiger partial charge is 0.407 e. The van der Waals surface area contributed by atoms with Gasteiger partial charge in [-0.1, -0.05) is 13.8 Å². The van der Waals surface area contributed by atoms with E-state index in [0.29, 0.717) is 0 Å². The molecule has 8 nitrogen and oxygen atoms in total. The van der Waals surface area contributed by atoms with E-state index in [9.17, 15) is 25.2 Å². The van der Waals surface area contributed by atoms with Gasteiger partial charge in [-0.3, -0.25) is 0 Å². The average Bonchev–Trinajstić information content (AvgIpc) is 2.39. The van der Waals surface area contributed by atoms with Crippen LogP contribution >= 0.6 is 0 Å². The summed E-state index contributed by atoms with van der Waals surface area (Å²) in [5, 5.41) is 41.7. The number of hydrogen-bond acceptors (Lipinski definition) is 7. The summed E-state index contributed by atoms with van der Waals surface area (Å²) in [5.74, 6) is -0.860. The number of carbonyl (C=O) groups excluding carboxylic acids is 1. The number of aliphatic hydroxyl groups excluding tert-OH is 4. The number of nitrogens with one attached hydrogen (secondary N) is 1. The number of amides is 1. The molecule has 1 saturated carbocycles. The first-order chi connectivity index (χ1) is 9.31. The van der Waals surface area contributed by atoms with Crippen molar-refractivity contribution in [3.05, 3.63) is 0 Å². The van der Waals surface area contributed by atoms with Gasteiger partial charge in [0.15, 0.2) is 0 Å². The summed E-state index contributed by atoms with van der Waals surface area (Å²) in [5.41, 5.74) is 5.24. The predicted molar refractivity (Wildman–Crippen MR) is 69.7 cm³/mol. The van der Waals surface area contributed by atoms with E-state index < -0.39 is 42.5 Å². The molecule has 6 atom stereocenters. The lowest BCUT2D eigenvalue weighted by molar-refractivity contribution is -0.211. The van der Waals surface area contributed by atoms with Crippen molar-refractivity contribution < 1.29 is 30.0 Å². The van der Waals surface area contributed by atoms with Crippen LogP contribution in [0.5, 0.6) is 0 Å². The van der Waals surface area contributed by atoms with Gasteiger partial charge in [0.2, 0.25) is 0 Å². The van der Waals surface area contributed by atoms with E-state index in [1.165, 1.54) is 0 Å². The molecule has 118 valence electrons. The highest BCUT2D eigenvalue weighted by molar-refractivity contribution is 5.67. The predicted octanol–water partition coefficient (Wildman–Crippen LogP) is -2.23. The Morgan fingerprint density at radius 2 is 1.70 bits per heavy atom. The van der Waals surface area contributed by atoms with Crippen molar-refractivity contribution in [2.24, 2.45) is 17.6 Å². The summed E-state index contributed by atoms with van der Waals surface area (Å²) in [6.45, 7) is 3.97. The molecule has 0 bridgehead atoms. The van der Waals surface area contributed by atoms with Gasteiger partial charge >= 0.3 is 6.09 Å². The SMILES string of the molecule is CC(C)C1C(O)C(O)C(O)C(O)C1OC(=O)NCCN. The average molecular weight is 292 g/mol. The van der Waals surface area contributed by atoms with Gasteiger partial charge in [0, 0.05) is 19.0 Å². The third-order valence-corrected chi connectivity index (χ3v) is 3.59. The molecule has 0 aromatic rings. The molecule has 1 aliphatic rings. The van der Waals surface area contributed by atoms with Gasteiger partial charge in [-0.05, 0) is 5.92 Å². The van der Waals surface area contributed by atoms with Crippen molar-refractivity contribution in [3.8, 4) is 0 Å². The maximum Gasteiger partial charge on any atom is 0.407 e. The second kappa shape index (κ2) is 7.19. The lowest BCUT2D eigenvalue weighted by Gasteiger charge is -2.45. The highest BCUT2D eigenvalue weighted by atomic mass is 16.6. The van der Waals surface area contributed by atoms with Crippen LogP contribution in [0.2, 0.25) is 0 Å². The van der Waals surface area contributed by atoms with Crippen LogP contribution in [0.15, 0.2) is 0 Å². The van der Waals surface area contributed by atoms with E-state index >= 15 is 0 Å². The van der Waals surface area contributed by atoms with Crippen molar-refractivity contribution in [1.82, 2.24) is 5.32 Å². The molecule has 7 N–H and O–H groups in total. The third kappa shape index (κ3) is 3.58. The normalized spacial score (nSPS) is 37.8. The summed E-state index contributed by atoms with van der Waals surface area (Å²) in [6.07, 6.45) is -7.72. The second-order valence-corrected chi connectivity index (χ2v) is 5.37. The van der Waals surface area contributed by atoms with Crippen LogP contribution in [0.25, 0.3) is 0 Å². The summed E-state index contributed by atoms with van der Waals surface area (Å²) < 4.78 is 5.08. The van der Waals surface area contributed by atoms with Crippen LogP contribution in [0.1, 0.15) is 13.8 Å². The van der Waals surface area contributed by atoms with Crippen LogP contribution in [0.4, 0.5) is 4.79 Å². The van der Waals surface area contributed by atoms with Crippen molar-refractivity contribution >= 4 is 6.09 Å². The molecule has 0 aliphatic heterocycles. The number of ether oxygens (including phenoxy) is 1. The van der Waals surface area contributed by atoms with Crippen LogP contribution in [-0.4, -0.2) is 70.1 Å². The minimum Gasteiger partial charge on any atom is -0.443 e. The lowest BCUT2D eigenvalue weighted by atomic mass is 9.73. The Morgan fingerprint density at radius 1 is 1.15 bits per heavy atom. The van der Waals surface area contributed by atoms with Crippen LogP contribution in [0, 0.1) is 11.8 Å². The van der Waals surface area contributed by atoms with Crippen LogP contribution in [0.3, 0.4) is 0 Å². The number of alkyl carbamates (subject to hydrolysis) is 1. The Hall–Kier alpha value is -0.930. The van der Waals surface area contributed by atoms with E-state index in [2.05, 4.69) is 5.32 Å². The standard InChI is InChI=1S/C12H24N2O6/c1-5(2)6-7(15)8(16)9(17)10(18)11(6)20-12(19)14-4-3-13/h5-11,15-18H,3-4,13H2,1-2H3,(H,14,19). The lowest BCUT2D eigenvalue weighted by Crippen LogP contribution is -2.63. The monoisotopic (exact) mass is 292 g/mol. The Labute approximate surface area is 117 Å². The van der Waals surface area contributed by atoms with Gasteiger partial charge in [-0.2, -0.15) is 0 Å². The minimum absolute atomic E-state index is 0.172. The number of carbonyl (C=O) groups is 1. The zero-order valence-electron chi connectivity index (χ0n) is 11.6. The fourth-order valence-electron chi connectivity index (χ4n) is 2.51. The summed E-state index contributed by atoms with van der Waals surface area (Å²) in [7, 11) is 0. The molecular formula is C12H24N2O6. The topological polar surface area (TPSA) is 145 Å². The number of rotatable bonds is 4. The number of nitrogens with two attached hydrogens (primary N) is 1. The molecule has 1 amide bonds. The van der Waals surface area contributed by atoms with E-state index in [0.717, 1.165) is 0 Å². The largest absolute Gasteiger partial charge is 0.443 e. The molecule has 0 aromatic carbocycles. The van der Waals surface area contributed by atoms with Gasteiger partial charge in [0.1, 0.15) is 24.4 Å². The summed E-state index contributed by atoms with van der Waals surface area (Å²) in [6, 6.07) is 0. The quantitative estimate of drug-likeness (QED) is 0.344. The second-order valence-electron chi connectivity index (χ2n) is 5.37. The summed E-state index contributed by atoms with van der Waals surface area (Å²) >= 11 is 0. The highest BCUT2D eigenvalue weighted by Gasteiger charge is 2.51. The number of hydrogen-bond donors (Lipinski definition) is 6. The fourth-order valence-corrected chi connectivity index (χ4v) is 2.51. The minimum atomic E-state index is -1.58. The molecule has 1 aliphatic carbocycles. The molecule has 8 heteroatoms. The Bertz CT molecular complexity index is 327. The highest BCUT2D eigenvalue weighted by Crippen LogP contribution is 2.33. The third-order valence-electron chi connectivity index (χ3n) is 3.59. The summed E-state index contributed by atoms with van der Waals surface area (Å²) in [4.78, 5) is 11.6. The maximum absolute atomic E-state index is 11.6. The molecule has 0 heterocycles. The van der Waals surface area contributed by atoms with Gasteiger partial charge < -0.3 is 36.2 Å². The zero-order valence-corrected chi connectivity index (χ0v) is 11.6. The first kappa shape index (κ1) is 17.1. The first-order valence-electron chi connectivity index (χ1n) is 6.68. The van der Waals surface area contributed by atoms with E-state index in [4.69, 9.17) is 10.5 Å². The first-order valence-corrected chi connectivity index (χ1v) is 6.68. The molecule has 0 saturated heterocycles. The molecule has 6 unspecified atom stereocenters. The van der Waals surface area contributed by atoms with E-state index in [-0.39, 0.29) is 19.0 Å². The van der Waals surface area contributed by atoms with Gasteiger partial charge in [0.05, 0.1) is 6.10 Å². The van der Waals surface area contributed by atoms with Crippen molar-refractivity contribution in [1.29, 1.82) is 0 Å². The Morgan fingerprint density at radius 3 is 2.20 bits per heavy atom. The molecule has 1 rings (SSSR count). The van der Waals surface area contributed by atoms with Gasteiger partial charge in [0.25, 0.3) is 0 Å². The molecular weight excluding hydrogens is 268 g/mol. The van der Waals surface area contributed by atoms with Gasteiger partial charge in [-0.15, -0.1) is 0 Å². The number of aliphatic hydroxyl groups is 4. The van der Waals surface area contributed by atoms with E-state index in [1.807, 2.05) is 0 Å². The molecule has 0 aromatic heterocycles. The van der Waals surface area contributed by atoms with Gasteiger partial charge in [-0.25, -0.2) is 4.79 Å². The van der Waals surface area contributed by atoms with Crippen LogP contribution < -0.4 is 11.1 Å². The fraction of sp³-hybridized carbons (Fsp3) is 0.917. The Kier molecular flexibility index (Phi) is 6.15. The molecule has 1 fully saturated rings. The van der Waals surface area contributed by atoms with E-state index in [1.54, 1.807) is 13.8 Å². The zero-order chi connectivity index (χ0) is 15.4. The van der Waals surface area contributed by atoms with Crippen molar-refractivity contribution in [3.63, 3.8) is 0 Å².